The third kappa shape index (κ3) is 3.68. The predicted molar refractivity (Wildman–Crippen MR) is 126 cm³/mol. The number of carbonyl (C=O) groups is 3. The van der Waals surface area contributed by atoms with Crippen LogP contribution in [0.5, 0.6) is 0 Å². The fourth-order valence-corrected chi connectivity index (χ4v) is 6.39. The molecule has 2 aliphatic rings. The summed E-state index contributed by atoms with van der Waals surface area (Å²) in [6, 6.07) is 5.61. The predicted octanol–water partition coefficient (Wildman–Crippen LogP) is 3.52. The zero-order chi connectivity index (χ0) is 22.4. The first-order valence-electron chi connectivity index (χ1n) is 10.4. The van der Waals surface area contributed by atoms with Gasteiger partial charge in [-0.05, 0) is 42.5 Å². The van der Waals surface area contributed by atoms with Crippen LogP contribution < -0.4 is 0 Å². The number of carbonyl (C=O) groups excluding carboxylic acids is 3. The normalized spacial score (nSPS) is 18.8. The molecule has 0 N–H and O–H groups in total. The van der Waals surface area contributed by atoms with Crippen LogP contribution in [0.2, 0.25) is 5.02 Å². The van der Waals surface area contributed by atoms with Gasteiger partial charge in [-0.15, -0.1) is 22.7 Å². The number of likely N-dealkylation sites (tertiary alicyclic amines) is 2. The molecule has 32 heavy (non-hydrogen) atoms. The summed E-state index contributed by atoms with van der Waals surface area (Å²) < 4.78 is 1.04. The number of aromatic nitrogens is 1. The van der Waals surface area contributed by atoms with E-state index in [0.717, 1.165) is 33.4 Å². The second-order valence-electron chi connectivity index (χ2n) is 8.14. The monoisotopic (exact) mass is 488 g/mol. The maximum Gasteiger partial charge on any atom is 0.282 e. The summed E-state index contributed by atoms with van der Waals surface area (Å²) in [7, 11) is 0. The highest BCUT2D eigenvalue weighted by atomic mass is 35.5. The molecule has 0 saturated carbocycles. The molecule has 1 atom stereocenters. The quantitative estimate of drug-likeness (QED) is 0.515. The summed E-state index contributed by atoms with van der Waals surface area (Å²) in [6.07, 6.45) is 3.22. The molecule has 0 radical (unpaired) electrons. The van der Waals surface area contributed by atoms with Gasteiger partial charge in [-0.1, -0.05) is 11.6 Å². The van der Waals surface area contributed by atoms with E-state index in [1.54, 1.807) is 26.3 Å². The first-order valence-corrected chi connectivity index (χ1v) is 12.4. The van der Waals surface area contributed by atoms with Crippen LogP contribution in [-0.2, 0) is 4.79 Å². The Balaban J connectivity index is 1.23. The Bertz CT molecular complexity index is 1190. The Kier molecular flexibility index (Phi) is 5.65. The highest BCUT2D eigenvalue weighted by molar-refractivity contribution is 7.21. The molecule has 4 heterocycles. The van der Waals surface area contributed by atoms with E-state index in [9.17, 15) is 14.4 Å². The number of halogens is 1. The molecule has 2 saturated heterocycles. The van der Waals surface area contributed by atoms with Gasteiger partial charge in [0.1, 0.15) is 0 Å². The lowest BCUT2D eigenvalue weighted by Gasteiger charge is -2.45. The average molecular weight is 489 g/mol. The molecule has 10 heteroatoms. The number of benzene rings is 1. The van der Waals surface area contributed by atoms with E-state index >= 15 is 0 Å². The van der Waals surface area contributed by atoms with Crippen LogP contribution in [0.15, 0.2) is 29.8 Å². The van der Waals surface area contributed by atoms with Crippen LogP contribution in [0.3, 0.4) is 0 Å². The minimum atomic E-state index is -0.0842. The number of thiophene rings is 1. The topological polar surface area (TPSA) is 73.8 Å². The molecule has 2 aromatic heterocycles. The summed E-state index contributed by atoms with van der Waals surface area (Å²) >= 11 is 8.92. The number of fused-ring (bicyclic) bond motifs is 1. The maximum absolute atomic E-state index is 13.1. The maximum atomic E-state index is 13.1. The van der Waals surface area contributed by atoms with Crippen LogP contribution >= 0.6 is 34.3 Å². The fraction of sp³-hybridized carbons (Fsp3) is 0.364. The number of nitrogens with zero attached hydrogens (tertiary/aromatic N) is 4. The van der Waals surface area contributed by atoms with Gasteiger partial charge >= 0.3 is 0 Å². The van der Waals surface area contributed by atoms with Crippen LogP contribution in [0.1, 0.15) is 31.5 Å². The van der Waals surface area contributed by atoms with Gasteiger partial charge in [-0.3, -0.25) is 14.4 Å². The molecule has 166 valence electrons. The van der Waals surface area contributed by atoms with E-state index in [1.807, 2.05) is 25.1 Å². The van der Waals surface area contributed by atoms with Gasteiger partial charge in [0.25, 0.3) is 11.8 Å². The van der Waals surface area contributed by atoms with E-state index < -0.39 is 0 Å². The molecule has 2 aliphatic heterocycles. The summed E-state index contributed by atoms with van der Waals surface area (Å²) in [5, 5.41) is 3.92. The van der Waals surface area contributed by atoms with Gasteiger partial charge in [-0.25, -0.2) is 4.98 Å². The number of thiazole rings is 1. The first-order chi connectivity index (χ1) is 15.5. The second-order valence-corrected chi connectivity index (χ2v) is 10.5. The third-order valence-electron chi connectivity index (χ3n) is 6.27. The zero-order valence-electron chi connectivity index (χ0n) is 17.4. The highest BCUT2D eigenvalue weighted by Crippen LogP contribution is 2.34. The van der Waals surface area contributed by atoms with E-state index in [0.29, 0.717) is 36.2 Å². The Morgan fingerprint density at radius 2 is 1.97 bits per heavy atom. The summed E-state index contributed by atoms with van der Waals surface area (Å²) in [5.41, 5.74) is 0.945. The number of aryl methyl sites for hydroxylation is 1. The van der Waals surface area contributed by atoms with Crippen molar-refractivity contribution in [3.8, 4) is 0 Å². The molecule has 7 nitrogen and oxygen atoms in total. The molecular formula is C22H21ClN4O3S2. The van der Waals surface area contributed by atoms with Gasteiger partial charge in [0.05, 0.1) is 17.0 Å². The first kappa shape index (κ1) is 21.4. The van der Waals surface area contributed by atoms with Crippen molar-refractivity contribution in [2.24, 2.45) is 0 Å². The fourth-order valence-electron chi connectivity index (χ4n) is 4.45. The molecule has 0 aliphatic carbocycles. The van der Waals surface area contributed by atoms with Crippen molar-refractivity contribution in [3.05, 3.63) is 50.2 Å². The van der Waals surface area contributed by atoms with Gasteiger partial charge in [-0.2, -0.15) is 0 Å². The Labute approximate surface area is 198 Å². The Hall–Kier alpha value is -2.49. The van der Waals surface area contributed by atoms with E-state index in [1.165, 1.54) is 22.7 Å². The third-order valence-corrected chi connectivity index (χ3v) is 8.53. The van der Waals surface area contributed by atoms with Gasteiger partial charge in [0.15, 0.2) is 5.01 Å². The summed E-state index contributed by atoms with van der Waals surface area (Å²) in [5.74, 6) is -0.0898. The lowest BCUT2D eigenvalue weighted by atomic mass is 10.0. The molecular weight excluding hydrogens is 468 g/mol. The molecule has 0 spiro atoms. The molecule has 0 unspecified atom stereocenters. The minimum absolute atomic E-state index is 0.00563. The molecule has 2 fully saturated rings. The number of hydrogen-bond donors (Lipinski definition) is 0. The van der Waals surface area contributed by atoms with Crippen molar-refractivity contribution >= 4 is 62.6 Å². The van der Waals surface area contributed by atoms with Crippen LogP contribution in [0.25, 0.3) is 10.1 Å². The molecule has 5 rings (SSSR count). The van der Waals surface area contributed by atoms with Crippen molar-refractivity contribution in [1.29, 1.82) is 0 Å². The lowest BCUT2D eigenvalue weighted by Crippen LogP contribution is -2.63. The molecule has 3 amide bonds. The van der Waals surface area contributed by atoms with Gasteiger partial charge in [0.2, 0.25) is 6.41 Å². The average Bonchev–Trinajstić information content (AvgIpc) is 3.50. The standard InChI is InChI=1S/C22H21ClN4O3S2/c1-13-17-8-14(23)2-3-18(17)32-19(13)21(29)26-10-16(11-26)27(12-28)15-4-6-25(9-15)22(30)20-24-5-7-31-20/h2-3,5,7-8,12,15-16H,4,6,9-11H2,1H3/t15-/m0/s1. The second kappa shape index (κ2) is 8.46. The lowest BCUT2D eigenvalue weighted by molar-refractivity contribution is -0.125. The van der Waals surface area contributed by atoms with Crippen LogP contribution in [0, 0.1) is 6.92 Å². The Morgan fingerprint density at radius 3 is 2.69 bits per heavy atom. The minimum Gasteiger partial charge on any atom is -0.334 e. The molecule has 0 bridgehead atoms. The van der Waals surface area contributed by atoms with E-state index in [2.05, 4.69) is 4.98 Å². The van der Waals surface area contributed by atoms with Crippen molar-refractivity contribution < 1.29 is 14.4 Å². The highest BCUT2D eigenvalue weighted by Gasteiger charge is 2.41. The van der Waals surface area contributed by atoms with Crippen molar-refractivity contribution in [2.75, 3.05) is 26.2 Å². The van der Waals surface area contributed by atoms with Crippen LogP contribution in [-0.4, -0.2) is 76.2 Å². The smallest absolute Gasteiger partial charge is 0.282 e. The summed E-state index contributed by atoms with van der Waals surface area (Å²) in [4.78, 5) is 47.7. The van der Waals surface area contributed by atoms with Gasteiger partial charge in [0, 0.05) is 47.5 Å². The molecule has 1 aromatic carbocycles. The van der Waals surface area contributed by atoms with E-state index in [4.69, 9.17) is 11.6 Å². The summed E-state index contributed by atoms with van der Waals surface area (Å²) in [6.45, 7) is 4.06. The molecule has 3 aromatic rings. The van der Waals surface area contributed by atoms with Crippen molar-refractivity contribution in [1.82, 2.24) is 19.7 Å². The van der Waals surface area contributed by atoms with Crippen molar-refractivity contribution in [3.63, 3.8) is 0 Å². The number of amides is 3. The Morgan fingerprint density at radius 1 is 1.19 bits per heavy atom. The largest absolute Gasteiger partial charge is 0.334 e. The van der Waals surface area contributed by atoms with Crippen molar-refractivity contribution in [2.45, 2.75) is 25.4 Å². The van der Waals surface area contributed by atoms with Crippen LogP contribution in [0.4, 0.5) is 0 Å². The number of hydrogen-bond acceptors (Lipinski definition) is 6. The number of rotatable bonds is 5. The van der Waals surface area contributed by atoms with E-state index in [-0.39, 0.29) is 23.9 Å². The zero-order valence-corrected chi connectivity index (χ0v) is 19.8. The van der Waals surface area contributed by atoms with Gasteiger partial charge < -0.3 is 14.7 Å². The SMILES string of the molecule is Cc1c(C(=O)N2CC(N(C=O)[C@H]3CCN(C(=O)c4nccs4)C3)C2)sc2ccc(Cl)cc12.